The van der Waals surface area contributed by atoms with E-state index in [1.165, 1.54) is 0 Å². The van der Waals surface area contributed by atoms with Crippen molar-refractivity contribution in [1.82, 2.24) is 20.0 Å². The van der Waals surface area contributed by atoms with Crippen molar-refractivity contribution in [1.29, 1.82) is 0 Å². The van der Waals surface area contributed by atoms with Crippen LogP contribution in [-0.2, 0) is 4.79 Å². The number of aryl methyl sites for hydroxylation is 1. The minimum absolute atomic E-state index is 0.135. The average molecular weight is 408 g/mol. The molecule has 2 aromatic heterocycles. The first-order chi connectivity index (χ1) is 14.6. The number of nitrogens with one attached hydrogen (secondary N) is 1. The van der Waals surface area contributed by atoms with Gasteiger partial charge in [0.25, 0.3) is 0 Å². The Hall–Kier alpha value is -3.46. The molecule has 0 bridgehead atoms. The van der Waals surface area contributed by atoms with Crippen LogP contribution in [0.15, 0.2) is 53.3 Å². The third-order valence-corrected chi connectivity index (χ3v) is 5.06. The number of aromatic nitrogens is 3. The number of ether oxygens (including phenoxy) is 1. The lowest BCUT2D eigenvalue weighted by atomic mass is 10.0. The van der Waals surface area contributed by atoms with Crippen LogP contribution in [0.1, 0.15) is 17.4 Å². The number of methoxy groups -OCH3 is 1. The number of carbonyl (C=O) groups is 1. The molecule has 1 aliphatic rings. The third kappa shape index (κ3) is 4.41. The quantitative estimate of drug-likeness (QED) is 0.664. The molecular formula is C21H24N6O3. The van der Waals surface area contributed by atoms with Gasteiger partial charge in [0, 0.05) is 32.2 Å². The van der Waals surface area contributed by atoms with Gasteiger partial charge in [-0.05, 0) is 12.5 Å². The Bertz CT molecular complexity index is 985. The number of nitrogens with zero attached hydrogens (tertiary/aromatic N) is 5. The van der Waals surface area contributed by atoms with E-state index in [1.807, 2.05) is 30.3 Å². The summed E-state index contributed by atoms with van der Waals surface area (Å²) in [5, 5.41) is 6.76. The van der Waals surface area contributed by atoms with Gasteiger partial charge in [0.2, 0.25) is 11.8 Å². The summed E-state index contributed by atoms with van der Waals surface area (Å²) < 4.78 is 10.2. The monoisotopic (exact) mass is 408 g/mol. The minimum Gasteiger partial charge on any atom is -0.480 e. The van der Waals surface area contributed by atoms with Gasteiger partial charge in [0.15, 0.2) is 11.6 Å². The Kier molecular flexibility index (Phi) is 5.89. The molecule has 3 heterocycles. The highest BCUT2D eigenvalue weighted by Gasteiger charge is 2.31. The van der Waals surface area contributed by atoms with E-state index in [4.69, 9.17) is 9.26 Å². The molecule has 1 N–H and O–H groups in total. The lowest BCUT2D eigenvalue weighted by Gasteiger charge is -2.39. The molecule has 1 aromatic carbocycles. The molecule has 3 aromatic rings. The number of hydrogen-bond donors (Lipinski definition) is 1. The van der Waals surface area contributed by atoms with Crippen molar-refractivity contribution in [2.45, 2.75) is 13.0 Å². The van der Waals surface area contributed by atoms with Crippen LogP contribution in [0.5, 0.6) is 5.88 Å². The predicted molar refractivity (Wildman–Crippen MR) is 111 cm³/mol. The van der Waals surface area contributed by atoms with Gasteiger partial charge in [-0.2, -0.15) is 4.98 Å². The number of hydrogen-bond acceptors (Lipinski definition) is 8. The first-order valence-corrected chi connectivity index (χ1v) is 9.78. The number of rotatable bonds is 6. The SMILES string of the molecule is COc1cncc(N2CCN(C(C(=O)Nc3cc(C)on3)c3ccccc3)CC2)n1. The van der Waals surface area contributed by atoms with Crippen molar-refractivity contribution >= 4 is 17.5 Å². The third-order valence-electron chi connectivity index (χ3n) is 5.06. The summed E-state index contributed by atoms with van der Waals surface area (Å²) in [4.78, 5) is 26.1. The van der Waals surface area contributed by atoms with E-state index in [0.29, 0.717) is 30.5 Å². The number of piperazine rings is 1. The van der Waals surface area contributed by atoms with Gasteiger partial charge in [0.1, 0.15) is 11.8 Å². The van der Waals surface area contributed by atoms with E-state index in [1.54, 1.807) is 32.5 Å². The van der Waals surface area contributed by atoms with Gasteiger partial charge in [-0.1, -0.05) is 35.5 Å². The second-order valence-corrected chi connectivity index (χ2v) is 7.07. The molecular weight excluding hydrogens is 384 g/mol. The molecule has 0 radical (unpaired) electrons. The number of benzene rings is 1. The van der Waals surface area contributed by atoms with Crippen LogP contribution in [0.25, 0.3) is 0 Å². The summed E-state index contributed by atoms with van der Waals surface area (Å²) in [5.74, 6) is 2.19. The first kappa shape index (κ1) is 19.8. The van der Waals surface area contributed by atoms with Crippen LogP contribution in [-0.4, -0.2) is 59.2 Å². The van der Waals surface area contributed by atoms with Crippen molar-refractivity contribution in [2.24, 2.45) is 0 Å². The summed E-state index contributed by atoms with van der Waals surface area (Å²) in [6, 6.07) is 11.0. The predicted octanol–water partition coefficient (Wildman–Crippen LogP) is 2.28. The molecule has 1 saturated heterocycles. The molecule has 1 atom stereocenters. The minimum atomic E-state index is -0.429. The van der Waals surface area contributed by atoms with Crippen LogP contribution < -0.4 is 15.0 Å². The van der Waals surface area contributed by atoms with E-state index < -0.39 is 6.04 Å². The molecule has 1 fully saturated rings. The zero-order valence-corrected chi connectivity index (χ0v) is 17.0. The molecule has 30 heavy (non-hydrogen) atoms. The largest absolute Gasteiger partial charge is 0.480 e. The highest BCUT2D eigenvalue weighted by Crippen LogP contribution is 2.25. The lowest BCUT2D eigenvalue weighted by molar-refractivity contribution is -0.121. The van der Waals surface area contributed by atoms with Crippen molar-refractivity contribution in [2.75, 3.05) is 43.5 Å². The van der Waals surface area contributed by atoms with E-state index in [9.17, 15) is 4.79 Å². The maximum absolute atomic E-state index is 13.2. The zero-order valence-electron chi connectivity index (χ0n) is 17.0. The number of amides is 1. The topological polar surface area (TPSA) is 96.6 Å². The molecule has 9 nitrogen and oxygen atoms in total. The maximum Gasteiger partial charge on any atom is 0.247 e. The van der Waals surface area contributed by atoms with Gasteiger partial charge in [0.05, 0.1) is 19.5 Å². The van der Waals surface area contributed by atoms with E-state index in [2.05, 4.69) is 30.2 Å². The molecule has 156 valence electrons. The van der Waals surface area contributed by atoms with E-state index in [-0.39, 0.29) is 5.91 Å². The van der Waals surface area contributed by atoms with Crippen molar-refractivity contribution in [3.05, 3.63) is 60.1 Å². The second kappa shape index (κ2) is 8.91. The smallest absolute Gasteiger partial charge is 0.247 e. The number of carbonyl (C=O) groups excluding carboxylic acids is 1. The Morgan fingerprint density at radius 3 is 2.60 bits per heavy atom. The van der Waals surface area contributed by atoms with Gasteiger partial charge < -0.3 is 19.5 Å². The molecule has 1 aliphatic heterocycles. The zero-order chi connectivity index (χ0) is 20.9. The van der Waals surface area contributed by atoms with E-state index in [0.717, 1.165) is 24.5 Å². The Morgan fingerprint density at radius 2 is 1.93 bits per heavy atom. The van der Waals surface area contributed by atoms with E-state index >= 15 is 0 Å². The van der Waals surface area contributed by atoms with Crippen LogP contribution in [0, 0.1) is 6.92 Å². The summed E-state index contributed by atoms with van der Waals surface area (Å²) in [6.07, 6.45) is 3.31. The van der Waals surface area contributed by atoms with Crippen LogP contribution in [0.4, 0.5) is 11.6 Å². The molecule has 0 aliphatic carbocycles. The average Bonchev–Trinajstić information content (AvgIpc) is 3.19. The maximum atomic E-state index is 13.2. The molecule has 1 unspecified atom stereocenters. The highest BCUT2D eigenvalue weighted by atomic mass is 16.5. The molecule has 1 amide bonds. The molecule has 0 saturated carbocycles. The van der Waals surface area contributed by atoms with Gasteiger partial charge >= 0.3 is 0 Å². The van der Waals surface area contributed by atoms with Crippen LogP contribution in [0.3, 0.4) is 0 Å². The van der Waals surface area contributed by atoms with Gasteiger partial charge in [-0.25, -0.2) is 0 Å². The normalized spacial score (nSPS) is 15.6. The lowest BCUT2D eigenvalue weighted by Crippen LogP contribution is -2.50. The standard InChI is InChI=1S/C21H24N6O3/c1-15-12-17(25-30-15)23-21(28)20(16-6-4-3-5-7-16)27-10-8-26(9-11-27)18-13-22-14-19(24-18)29-2/h3-7,12-14,20H,8-11H2,1-2H3,(H,23,25,28). The van der Waals surface area contributed by atoms with Gasteiger partial charge in [-0.3, -0.25) is 14.7 Å². The molecule has 9 heteroatoms. The Labute approximate surface area is 174 Å². The number of anilines is 2. The summed E-state index contributed by atoms with van der Waals surface area (Å²) in [5.41, 5.74) is 0.935. The Morgan fingerprint density at radius 1 is 1.17 bits per heavy atom. The fourth-order valence-corrected chi connectivity index (χ4v) is 3.58. The fraction of sp³-hybridized carbons (Fsp3) is 0.333. The van der Waals surface area contributed by atoms with Crippen LogP contribution in [0.2, 0.25) is 0 Å². The Balaban J connectivity index is 1.50. The summed E-state index contributed by atoms with van der Waals surface area (Å²) >= 11 is 0. The molecule has 4 rings (SSSR count). The second-order valence-electron chi connectivity index (χ2n) is 7.07. The summed E-state index contributed by atoms with van der Waals surface area (Å²) in [6.45, 7) is 4.63. The fourth-order valence-electron chi connectivity index (χ4n) is 3.58. The molecule has 0 spiro atoms. The van der Waals surface area contributed by atoms with Crippen molar-refractivity contribution in [3.8, 4) is 5.88 Å². The van der Waals surface area contributed by atoms with Gasteiger partial charge in [-0.15, -0.1) is 0 Å². The highest BCUT2D eigenvalue weighted by molar-refractivity contribution is 5.94. The first-order valence-electron chi connectivity index (χ1n) is 9.78. The van der Waals surface area contributed by atoms with Crippen LogP contribution >= 0.6 is 0 Å². The summed E-state index contributed by atoms with van der Waals surface area (Å²) in [7, 11) is 1.57. The van der Waals surface area contributed by atoms with Crippen molar-refractivity contribution in [3.63, 3.8) is 0 Å². The van der Waals surface area contributed by atoms with Crippen molar-refractivity contribution < 1.29 is 14.1 Å².